The van der Waals surface area contributed by atoms with E-state index in [0.717, 1.165) is 43.7 Å². The largest absolute Gasteiger partial charge is 0.507 e. The number of aromatic nitrogens is 3. The lowest BCUT2D eigenvalue weighted by Gasteiger charge is -2.26. The molecular weight excluding hydrogens is 454 g/mol. The molecule has 0 spiro atoms. The Labute approximate surface area is 212 Å². The van der Waals surface area contributed by atoms with Gasteiger partial charge in [-0.1, -0.05) is 32.4 Å². The van der Waals surface area contributed by atoms with Gasteiger partial charge in [0.05, 0.1) is 12.7 Å². The number of hydrogen-bond donors (Lipinski definition) is 2. The van der Waals surface area contributed by atoms with E-state index < -0.39 is 0 Å². The number of piperidine rings is 1. The summed E-state index contributed by atoms with van der Waals surface area (Å²) in [5.74, 6) is 1.18. The summed E-state index contributed by atoms with van der Waals surface area (Å²) in [5.41, 5.74) is 3.46. The summed E-state index contributed by atoms with van der Waals surface area (Å²) in [6.07, 6.45) is 5.79. The number of rotatable bonds is 8. The summed E-state index contributed by atoms with van der Waals surface area (Å²) >= 11 is 0. The van der Waals surface area contributed by atoms with Crippen LogP contribution in [0.1, 0.15) is 73.6 Å². The fraction of sp³-hybridized carbons (Fsp3) is 0.464. The Balaban J connectivity index is 1.55. The number of methoxy groups -OCH3 is 1. The van der Waals surface area contributed by atoms with Gasteiger partial charge >= 0.3 is 0 Å². The molecule has 8 heteroatoms. The lowest BCUT2D eigenvalue weighted by molar-refractivity contribution is 0.0938. The topological polar surface area (TPSA) is 92.5 Å². The first-order chi connectivity index (χ1) is 17.4. The van der Waals surface area contributed by atoms with Gasteiger partial charge in [0, 0.05) is 24.3 Å². The van der Waals surface area contributed by atoms with Gasteiger partial charge in [0.1, 0.15) is 11.5 Å². The molecule has 2 heterocycles. The number of benzene rings is 2. The van der Waals surface area contributed by atoms with E-state index in [1.165, 1.54) is 24.8 Å². The van der Waals surface area contributed by atoms with Crippen molar-refractivity contribution >= 4 is 5.91 Å². The summed E-state index contributed by atoms with van der Waals surface area (Å²) in [5, 5.41) is 22.6. The normalized spacial score (nSPS) is 16.3. The van der Waals surface area contributed by atoms with Gasteiger partial charge in [-0.15, -0.1) is 10.2 Å². The van der Waals surface area contributed by atoms with Crippen LogP contribution in [0.3, 0.4) is 0 Å². The van der Waals surface area contributed by atoms with Crippen LogP contribution in [0.15, 0.2) is 36.4 Å². The van der Waals surface area contributed by atoms with Gasteiger partial charge < -0.3 is 15.2 Å². The Kier molecular flexibility index (Phi) is 6.96. The number of hydrogen-bond acceptors (Lipinski definition) is 6. The number of likely N-dealkylation sites (tertiary alicyclic amines) is 1. The fourth-order valence-electron chi connectivity index (χ4n) is 4.85. The second-order valence-electron chi connectivity index (χ2n) is 10.2. The molecule has 1 saturated heterocycles. The Bertz CT molecular complexity index is 1220. The molecule has 1 aliphatic carbocycles. The molecule has 36 heavy (non-hydrogen) atoms. The Hall–Kier alpha value is -3.39. The molecule has 3 aromatic rings. The second kappa shape index (κ2) is 10.3. The highest BCUT2D eigenvalue weighted by molar-refractivity contribution is 5.92. The number of ether oxygens (including phenoxy) is 1. The van der Waals surface area contributed by atoms with Gasteiger partial charge in [0.2, 0.25) is 5.82 Å². The van der Waals surface area contributed by atoms with Crippen molar-refractivity contribution in [1.82, 2.24) is 25.0 Å². The van der Waals surface area contributed by atoms with Gasteiger partial charge in [-0.25, -0.2) is 0 Å². The first-order valence-corrected chi connectivity index (χ1v) is 12.9. The molecule has 2 aromatic carbocycles. The number of carbonyl (C=O) groups excluding carboxylic acids is 1. The minimum absolute atomic E-state index is 0.0285. The molecule has 0 radical (unpaired) electrons. The van der Waals surface area contributed by atoms with Crippen LogP contribution in [-0.4, -0.2) is 56.9 Å². The lowest BCUT2D eigenvalue weighted by atomic mass is 9.98. The third-order valence-corrected chi connectivity index (χ3v) is 7.04. The van der Waals surface area contributed by atoms with Gasteiger partial charge in [0.25, 0.3) is 5.91 Å². The summed E-state index contributed by atoms with van der Waals surface area (Å²) < 4.78 is 7.24. The standard InChI is InChI=1S/C28H35N5O3/c1-18(2)22-15-23(24(34)16-25(22)36-3)26-30-31-27(28(35)29-20-9-10-20)33(26)21-11-7-19(8-12-21)17-32-13-5-4-6-14-32/h7-8,11-12,15-16,18,20,34H,4-6,9-10,13-14,17H2,1-3H3,(H,29,35). The minimum Gasteiger partial charge on any atom is -0.507 e. The predicted octanol–water partition coefficient (Wildman–Crippen LogP) is 4.65. The summed E-state index contributed by atoms with van der Waals surface area (Å²) in [6.45, 7) is 7.33. The molecule has 2 N–H and O–H groups in total. The van der Waals surface area contributed by atoms with Crippen molar-refractivity contribution in [1.29, 1.82) is 0 Å². The molecule has 2 aliphatic rings. The zero-order chi connectivity index (χ0) is 25.2. The first kappa shape index (κ1) is 24.3. The quantitative estimate of drug-likeness (QED) is 0.479. The van der Waals surface area contributed by atoms with E-state index >= 15 is 0 Å². The number of phenolic OH excluding ortho intramolecular Hbond substituents is 1. The molecule has 2 fully saturated rings. The molecular formula is C28H35N5O3. The van der Waals surface area contributed by atoms with Gasteiger partial charge in [-0.05, 0) is 74.0 Å². The van der Waals surface area contributed by atoms with E-state index in [-0.39, 0.29) is 29.4 Å². The van der Waals surface area contributed by atoms with E-state index in [2.05, 4.69) is 46.4 Å². The van der Waals surface area contributed by atoms with E-state index in [9.17, 15) is 9.90 Å². The van der Waals surface area contributed by atoms with Gasteiger partial charge in [-0.3, -0.25) is 14.3 Å². The van der Waals surface area contributed by atoms with Crippen molar-refractivity contribution < 1.29 is 14.6 Å². The van der Waals surface area contributed by atoms with E-state index in [1.807, 2.05) is 18.2 Å². The molecule has 0 atom stereocenters. The third-order valence-electron chi connectivity index (χ3n) is 7.04. The molecule has 0 bridgehead atoms. The Morgan fingerprint density at radius 1 is 1.11 bits per heavy atom. The lowest BCUT2D eigenvalue weighted by Crippen LogP contribution is -2.29. The maximum absolute atomic E-state index is 13.1. The van der Waals surface area contributed by atoms with Crippen molar-refractivity contribution in [2.75, 3.05) is 20.2 Å². The molecule has 1 amide bonds. The van der Waals surface area contributed by atoms with Crippen molar-refractivity contribution in [3.05, 3.63) is 53.3 Å². The second-order valence-corrected chi connectivity index (χ2v) is 10.2. The average molecular weight is 490 g/mol. The zero-order valence-electron chi connectivity index (χ0n) is 21.3. The summed E-state index contributed by atoms with van der Waals surface area (Å²) in [6, 6.07) is 11.9. The van der Waals surface area contributed by atoms with E-state index in [4.69, 9.17) is 4.74 Å². The van der Waals surface area contributed by atoms with Crippen molar-refractivity contribution in [2.24, 2.45) is 0 Å². The van der Waals surface area contributed by atoms with Crippen molar-refractivity contribution in [3.63, 3.8) is 0 Å². The van der Waals surface area contributed by atoms with Crippen LogP contribution < -0.4 is 10.1 Å². The van der Waals surface area contributed by atoms with Crippen LogP contribution in [0.25, 0.3) is 17.1 Å². The molecule has 1 aliphatic heterocycles. The van der Waals surface area contributed by atoms with Gasteiger partial charge in [0.15, 0.2) is 5.82 Å². The smallest absolute Gasteiger partial charge is 0.289 e. The molecule has 0 unspecified atom stereocenters. The highest BCUT2D eigenvalue weighted by atomic mass is 16.5. The number of amides is 1. The summed E-state index contributed by atoms with van der Waals surface area (Å²) in [4.78, 5) is 15.6. The Morgan fingerprint density at radius 3 is 2.47 bits per heavy atom. The molecule has 8 nitrogen and oxygen atoms in total. The average Bonchev–Trinajstić information content (AvgIpc) is 3.59. The SMILES string of the molecule is COc1cc(O)c(-c2nnc(C(=O)NC3CC3)n2-c2ccc(CN3CCCCC3)cc2)cc1C(C)C. The van der Waals surface area contributed by atoms with Crippen molar-refractivity contribution in [2.45, 2.75) is 64.5 Å². The maximum atomic E-state index is 13.1. The molecule has 190 valence electrons. The van der Waals surface area contributed by atoms with Crippen molar-refractivity contribution in [3.8, 4) is 28.6 Å². The van der Waals surface area contributed by atoms with Crippen LogP contribution in [-0.2, 0) is 6.54 Å². The fourth-order valence-corrected chi connectivity index (χ4v) is 4.85. The highest BCUT2D eigenvalue weighted by Crippen LogP contribution is 2.38. The highest BCUT2D eigenvalue weighted by Gasteiger charge is 2.29. The van der Waals surface area contributed by atoms with Gasteiger partial charge in [-0.2, -0.15) is 0 Å². The van der Waals surface area contributed by atoms with E-state index in [1.54, 1.807) is 17.7 Å². The van der Waals surface area contributed by atoms with Crippen LogP contribution >= 0.6 is 0 Å². The number of nitrogens with one attached hydrogen (secondary N) is 1. The molecule has 1 saturated carbocycles. The van der Waals surface area contributed by atoms with Crippen LogP contribution in [0, 0.1) is 0 Å². The predicted molar refractivity (Wildman–Crippen MR) is 139 cm³/mol. The van der Waals surface area contributed by atoms with E-state index in [0.29, 0.717) is 17.1 Å². The maximum Gasteiger partial charge on any atom is 0.289 e. The monoisotopic (exact) mass is 489 g/mol. The first-order valence-electron chi connectivity index (χ1n) is 12.9. The molecule has 1 aromatic heterocycles. The van der Waals surface area contributed by atoms with Crippen LogP contribution in [0.4, 0.5) is 0 Å². The van der Waals surface area contributed by atoms with Crippen LogP contribution in [0.5, 0.6) is 11.5 Å². The Morgan fingerprint density at radius 2 is 1.83 bits per heavy atom. The zero-order valence-corrected chi connectivity index (χ0v) is 21.3. The minimum atomic E-state index is -0.259. The molecule has 5 rings (SSSR count). The number of carbonyl (C=O) groups is 1. The van der Waals surface area contributed by atoms with Crippen LogP contribution in [0.2, 0.25) is 0 Å². The summed E-state index contributed by atoms with van der Waals surface area (Å²) in [7, 11) is 1.59. The number of nitrogens with zero attached hydrogens (tertiary/aromatic N) is 4. The third kappa shape index (κ3) is 5.09. The number of phenols is 1. The number of aromatic hydroxyl groups is 1.